The summed E-state index contributed by atoms with van der Waals surface area (Å²) in [4.78, 5) is 0. The summed E-state index contributed by atoms with van der Waals surface area (Å²) in [5.74, 6) is 0. The summed E-state index contributed by atoms with van der Waals surface area (Å²) in [7, 11) is 0. The van der Waals surface area contributed by atoms with Gasteiger partial charge < -0.3 is 0 Å². The summed E-state index contributed by atoms with van der Waals surface area (Å²) in [6, 6.07) is 9.97. The maximum atomic E-state index is 9.22. The van der Waals surface area contributed by atoms with Gasteiger partial charge in [0.1, 0.15) is 0 Å². The molecule has 0 fully saturated rings. The van der Waals surface area contributed by atoms with Crippen molar-refractivity contribution in [1.29, 1.82) is 0 Å². The van der Waals surface area contributed by atoms with Crippen LogP contribution in [0.15, 0.2) is 43.0 Å². The molecule has 1 rings (SSSR count). The Morgan fingerprint density at radius 1 is 1.36 bits per heavy atom. The second-order valence-corrected chi connectivity index (χ2v) is 4.55. The van der Waals surface area contributed by atoms with E-state index in [2.05, 4.69) is 6.58 Å². The quantitative estimate of drug-likeness (QED) is 0.573. The van der Waals surface area contributed by atoms with Crippen molar-refractivity contribution in [2.75, 3.05) is 0 Å². The molecule has 1 aromatic rings. The van der Waals surface area contributed by atoms with E-state index in [1.807, 2.05) is 30.3 Å². The van der Waals surface area contributed by atoms with Gasteiger partial charge in [0.2, 0.25) is 0 Å². The molecular formula is C9H10OSe. The van der Waals surface area contributed by atoms with Crippen LogP contribution in [0, 0.1) is 0 Å². The van der Waals surface area contributed by atoms with E-state index in [0.717, 1.165) is 0 Å². The Balaban J connectivity index is 2.57. The van der Waals surface area contributed by atoms with Crippen LogP contribution in [0.1, 0.15) is 0 Å². The fraction of sp³-hybridized carbons (Fsp3) is 0.111. The van der Waals surface area contributed by atoms with Crippen molar-refractivity contribution in [2.24, 2.45) is 0 Å². The van der Waals surface area contributed by atoms with Gasteiger partial charge in [0.25, 0.3) is 0 Å². The van der Waals surface area contributed by atoms with Gasteiger partial charge in [-0.3, -0.25) is 0 Å². The van der Waals surface area contributed by atoms with Crippen LogP contribution in [0.3, 0.4) is 0 Å². The molecule has 1 nitrogen and oxygen atoms in total. The molecule has 0 aliphatic carbocycles. The first-order chi connectivity index (χ1) is 5.33. The SMILES string of the molecule is C=CC(O)[Se]c1ccccc1. The van der Waals surface area contributed by atoms with E-state index in [0.29, 0.717) is 0 Å². The Kier molecular flexibility index (Phi) is 3.37. The van der Waals surface area contributed by atoms with Crippen LogP contribution >= 0.6 is 0 Å². The Bertz CT molecular complexity index is 220. The molecule has 2 heteroatoms. The van der Waals surface area contributed by atoms with Crippen LogP contribution in [0.2, 0.25) is 0 Å². The molecule has 0 amide bonds. The van der Waals surface area contributed by atoms with Gasteiger partial charge in [0, 0.05) is 0 Å². The normalized spacial score (nSPS) is 12.5. The predicted molar refractivity (Wildman–Crippen MR) is 48.0 cm³/mol. The summed E-state index contributed by atoms with van der Waals surface area (Å²) >= 11 is 0.114. The molecule has 0 bridgehead atoms. The molecule has 1 atom stereocenters. The Morgan fingerprint density at radius 2 is 2.00 bits per heavy atom. The minimum absolute atomic E-state index is 0.114. The molecular weight excluding hydrogens is 203 g/mol. The molecule has 0 spiro atoms. The van der Waals surface area contributed by atoms with E-state index < -0.39 is 0 Å². The molecule has 0 aliphatic rings. The van der Waals surface area contributed by atoms with Gasteiger partial charge in [-0.05, 0) is 0 Å². The van der Waals surface area contributed by atoms with Crippen LogP contribution in [0.5, 0.6) is 0 Å². The van der Waals surface area contributed by atoms with Crippen molar-refractivity contribution < 1.29 is 5.11 Å². The third kappa shape index (κ3) is 2.89. The van der Waals surface area contributed by atoms with Gasteiger partial charge in [-0.2, -0.15) is 0 Å². The zero-order valence-electron chi connectivity index (χ0n) is 6.10. The third-order valence-electron chi connectivity index (χ3n) is 1.20. The van der Waals surface area contributed by atoms with Crippen LogP contribution in [0.4, 0.5) is 0 Å². The first kappa shape index (κ1) is 8.54. The van der Waals surface area contributed by atoms with E-state index in [1.165, 1.54) is 4.46 Å². The molecule has 11 heavy (non-hydrogen) atoms. The van der Waals surface area contributed by atoms with Crippen LogP contribution < -0.4 is 4.46 Å². The van der Waals surface area contributed by atoms with Crippen LogP contribution in [-0.4, -0.2) is 25.1 Å². The number of aliphatic hydroxyl groups is 1. The average molecular weight is 213 g/mol. The molecule has 58 valence electrons. The summed E-state index contributed by atoms with van der Waals surface area (Å²) in [6.45, 7) is 3.52. The zero-order chi connectivity index (χ0) is 8.10. The molecule has 0 heterocycles. The van der Waals surface area contributed by atoms with Crippen molar-refractivity contribution in [1.82, 2.24) is 0 Å². The number of hydrogen-bond donors (Lipinski definition) is 1. The molecule has 0 aromatic heterocycles. The third-order valence-corrected chi connectivity index (χ3v) is 3.25. The topological polar surface area (TPSA) is 20.2 Å². The standard InChI is InChI=1S/C9H10OSe/c1-2-9(10)11-8-6-4-3-5-7-8/h2-7,9-10H,1H2. The van der Waals surface area contributed by atoms with Gasteiger partial charge in [-0.15, -0.1) is 0 Å². The predicted octanol–water partition coefficient (Wildman–Crippen LogP) is 0.520. The van der Waals surface area contributed by atoms with Crippen LogP contribution in [0.25, 0.3) is 0 Å². The van der Waals surface area contributed by atoms with Gasteiger partial charge in [-0.25, -0.2) is 0 Å². The Hall–Kier alpha value is -0.561. The van der Waals surface area contributed by atoms with E-state index in [4.69, 9.17) is 0 Å². The Labute approximate surface area is 72.9 Å². The molecule has 1 N–H and O–H groups in total. The number of benzene rings is 1. The van der Waals surface area contributed by atoms with Crippen molar-refractivity contribution in [3.63, 3.8) is 0 Å². The molecule has 1 unspecified atom stereocenters. The minimum atomic E-state index is -0.357. The van der Waals surface area contributed by atoms with Crippen molar-refractivity contribution in [3.05, 3.63) is 43.0 Å². The fourth-order valence-electron chi connectivity index (χ4n) is 0.687. The maximum absolute atomic E-state index is 9.22. The number of rotatable bonds is 3. The van der Waals surface area contributed by atoms with Gasteiger partial charge >= 0.3 is 72.5 Å². The summed E-state index contributed by atoms with van der Waals surface area (Å²) in [5, 5.41) is 8.86. The van der Waals surface area contributed by atoms with E-state index >= 15 is 0 Å². The number of aliphatic hydroxyl groups excluding tert-OH is 1. The first-order valence-corrected chi connectivity index (χ1v) is 5.20. The zero-order valence-corrected chi connectivity index (χ0v) is 7.82. The number of hydrogen-bond acceptors (Lipinski definition) is 1. The Morgan fingerprint density at radius 3 is 2.55 bits per heavy atom. The second-order valence-electron chi connectivity index (χ2n) is 2.06. The van der Waals surface area contributed by atoms with Gasteiger partial charge in [0.15, 0.2) is 0 Å². The van der Waals surface area contributed by atoms with Crippen molar-refractivity contribution in [3.8, 4) is 0 Å². The second kappa shape index (κ2) is 4.34. The molecule has 0 saturated carbocycles. The first-order valence-electron chi connectivity index (χ1n) is 3.35. The van der Waals surface area contributed by atoms with Crippen molar-refractivity contribution >= 4 is 19.4 Å². The van der Waals surface area contributed by atoms with E-state index in [-0.39, 0.29) is 20.0 Å². The summed E-state index contributed by atoms with van der Waals surface area (Å²) < 4.78 is 1.20. The summed E-state index contributed by atoms with van der Waals surface area (Å²) in [5.41, 5.74) is 0. The summed E-state index contributed by atoms with van der Waals surface area (Å²) in [6.07, 6.45) is 1.58. The van der Waals surface area contributed by atoms with E-state index in [9.17, 15) is 5.11 Å². The van der Waals surface area contributed by atoms with Gasteiger partial charge in [-0.1, -0.05) is 0 Å². The van der Waals surface area contributed by atoms with Crippen molar-refractivity contribution in [2.45, 2.75) is 5.00 Å². The van der Waals surface area contributed by atoms with E-state index in [1.54, 1.807) is 6.08 Å². The molecule has 0 radical (unpaired) electrons. The van der Waals surface area contributed by atoms with Crippen LogP contribution in [-0.2, 0) is 0 Å². The molecule has 1 aromatic carbocycles. The average Bonchev–Trinajstić information content (AvgIpc) is 2.06. The van der Waals surface area contributed by atoms with Gasteiger partial charge in [0.05, 0.1) is 0 Å². The fourth-order valence-corrected chi connectivity index (χ4v) is 2.13. The molecule has 0 aliphatic heterocycles. The molecule has 0 saturated heterocycles. The monoisotopic (exact) mass is 214 g/mol.